The predicted octanol–water partition coefficient (Wildman–Crippen LogP) is 4.07. The number of nitrogens with one attached hydrogen (secondary N) is 2. The van der Waals surface area contributed by atoms with E-state index in [0.29, 0.717) is 12.1 Å². The molecule has 0 saturated heterocycles. The van der Waals surface area contributed by atoms with Crippen LogP contribution in [0.1, 0.15) is 61.8 Å². The van der Waals surface area contributed by atoms with Crippen molar-refractivity contribution in [2.45, 2.75) is 53.1 Å². The standard InChI is InChI=1S/C23H30N4O2/c1-6-19-15(4)22(26-21-10-8-9-14(3)25-21)18-13-17(23(29)24-7-2)11-12-20(18)27(19)16(5)28/h8-13,15,19,22H,6-7H2,1-5H3,(H,24,29)(H,25,26)/t15-,19?,22+/m0/s1. The number of anilines is 2. The zero-order valence-electron chi connectivity index (χ0n) is 17.8. The van der Waals surface area contributed by atoms with Crippen LogP contribution < -0.4 is 15.5 Å². The molecule has 3 rings (SSSR count). The normalized spacial score (nSPS) is 20.7. The molecule has 0 saturated carbocycles. The summed E-state index contributed by atoms with van der Waals surface area (Å²) in [5.41, 5.74) is 3.34. The first kappa shape index (κ1) is 20.8. The SMILES string of the molecule is CCNC(=O)c1ccc2c(c1)[C@H](Nc1cccc(C)n1)[C@@H](C)C(CC)N2C(C)=O. The molecule has 0 bridgehead atoms. The number of aromatic nitrogens is 1. The summed E-state index contributed by atoms with van der Waals surface area (Å²) >= 11 is 0. The lowest BCUT2D eigenvalue weighted by molar-refractivity contribution is -0.117. The molecule has 1 aromatic carbocycles. The average molecular weight is 395 g/mol. The van der Waals surface area contributed by atoms with Gasteiger partial charge in [-0.1, -0.05) is 19.9 Å². The zero-order valence-corrected chi connectivity index (χ0v) is 17.8. The monoisotopic (exact) mass is 394 g/mol. The molecule has 1 aromatic heterocycles. The van der Waals surface area contributed by atoms with Crippen molar-refractivity contribution in [1.29, 1.82) is 0 Å². The first-order valence-electron chi connectivity index (χ1n) is 10.3. The molecule has 29 heavy (non-hydrogen) atoms. The van der Waals surface area contributed by atoms with Crippen molar-refractivity contribution >= 4 is 23.3 Å². The topological polar surface area (TPSA) is 74.3 Å². The molecule has 0 spiro atoms. The molecule has 154 valence electrons. The van der Waals surface area contributed by atoms with E-state index in [0.717, 1.165) is 29.2 Å². The Kier molecular flexibility index (Phi) is 6.20. The first-order chi connectivity index (χ1) is 13.9. The molecular formula is C23H30N4O2. The van der Waals surface area contributed by atoms with Crippen LogP contribution in [0, 0.1) is 12.8 Å². The van der Waals surface area contributed by atoms with Gasteiger partial charge in [0.2, 0.25) is 5.91 Å². The largest absolute Gasteiger partial charge is 0.363 e. The van der Waals surface area contributed by atoms with Crippen molar-refractivity contribution in [1.82, 2.24) is 10.3 Å². The van der Waals surface area contributed by atoms with E-state index in [2.05, 4.69) is 29.5 Å². The molecule has 0 fully saturated rings. The van der Waals surface area contributed by atoms with Gasteiger partial charge < -0.3 is 15.5 Å². The van der Waals surface area contributed by atoms with E-state index in [-0.39, 0.29) is 29.8 Å². The predicted molar refractivity (Wildman–Crippen MR) is 116 cm³/mol. The van der Waals surface area contributed by atoms with E-state index >= 15 is 0 Å². The number of benzene rings is 1. The number of carbonyl (C=O) groups is 2. The van der Waals surface area contributed by atoms with Gasteiger partial charge in [-0.25, -0.2) is 4.98 Å². The molecule has 0 radical (unpaired) electrons. The maximum absolute atomic E-state index is 12.5. The number of fused-ring (bicyclic) bond motifs is 1. The van der Waals surface area contributed by atoms with Crippen molar-refractivity contribution in [2.24, 2.45) is 5.92 Å². The van der Waals surface area contributed by atoms with Crippen LogP contribution in [0.25, 0.3) is 0 Å². The Hall–Kier alpha value is -2.89. The fourth-order valence-corrected chi connectivity index (χ4v) is 4.30. The maximum Gasteiger partial charge on any atom is 0.251 e. The van der Waals surface area contributed by atoms with Gasteiger partial charge in [-0.05, 0) is 56.2 Å². The molecule has 1 aliphatic rings. The molecule has 0 aliphatic carbocycles. The minimum Gasteiger partial charge on any atom is -0.363 e. The maximum atomic E-state index is 12.5. The van der Waals surface area contributed by atoms with Gasteiger partial charge in [0, 0.05) is 42.4 Å². The van der Waals surface area contributed by atoms with Gasteiger partial charge in [0.15, 0.2) is 0 Å². The van der Waals surface area contributed by atoms with Crippen molar-refractivity contribution < 1.29 is 9.59 Å². The van der Waals surface area contributed by atoms with Crippen LogP contribution in [0.2, 0.25) is 0 Å². The highest BCUT2D eigenvalue weighted by Gasteiger charge is 2.40. The summed E-state index contributed by atoms with van der Waals surface area (Å²) in [6.07, 6.45) is 0.845. The fraction of sp³-hybridized carbons (Fsp3) is 0.435. The molecule has 2 aromatic rings. The molecule has 3 atom stereocenters. The number of pyridine rings is 1. The number of carbonyl (C=O) groups excluding carboxylic acids is 2. The smallest absolute Gasteiger partial charge is 0.251 e. The fourth-order valence-electron chi connectivity index (χ4n) is 4.30. The molecule has 2 amide bonds. The van der Waals surface area contributed by atoms with Crippen molar-refractivity contribution in [3.63, 3.8) is 0 Å². The highest BCUT2D eigenvalue weighted by molar-refractivity contribution is 5.98. The van der Waals surface area contributed by atoms with Gasteiger partial charge in [0.1, 0.15) is 5.82 Å². The summed E-state index contributed by atoms with van der Waals surface area (Å²) in [5.74, 6) is 0.843. The van der Waals surface area contributed by atoms with Crippen LogP contribution >= 0.6 is 0 Å². The van der Waals surface area contributed by atoms with E-state index in [1.165, 1.54) is 0 Å². The minimum absolute atomic E-state index is 0.0165. The Bertz CT molecular complexity index is 912. The summed E-state index contributed by atoms with van der Waals surface area (Å²) in [6.45, 7) is 10.3. The van der Waals surface area contributed by atoms with E-state index in [9.17, 15) is 9.59 Å². The van der Waals surface area contributed by atoms with Gasteiger partial charge in [-0.2, -0.15) is 0 Å². The van der Waals surface area contributed by atoms with Crippen LogP contribution in [0.4, 0.5) is 11.5 Å². The molecule has 1 aliphatic heterocycles. The van der Waals surface area contributed by atoms with E-state index < -0.39 is 0 Å². The Morgan fingerprint density at radius 2 is 1.93 bits per heavy atom. The van der Waals surface area contributed by atoms with Gasteiger partial charge in [0.25, 0.3) is 5.91 Å². The van der Waals surface area contributed by atoms with Gasteiger partial charge in [-0.3, -0.25) is 9.59 Å². The number of amides is 2. The molecular weight excluding hydrogens is 364 g/mol. The Labute approximate surface area is 172 Å². The summed E-state index contributed by atoms with van der Waals surface area (Å²) in [4.78, 5) is 31.4. The molecule has 2 heterocycles. The quantitative estimate of drug-likeness (QED) is 0.802. The lowest BCUT2D eigenvalue weighted by Crippen LogP contribution is -2.49. The van der Waals surface area contributed by atoms with E-state index in [4.69, 9.17) is 0 Å². The van der Waals surface area contributed by atoms with Gasteiger partial charge >= 0.3 is 0 Å². The second-order valence-electron chi connectivity index (χ2n) is 7.64. The Morgan fingerprint density at radius 1 is 1.17 bits per heavy atom. The summed E-state index contributed by atoms with van der Waals surface area (Å²) < 4.78 is 0. The highest BCUT2D eigenvalue weighted by Crippen LogP contribution is 2.43. The minimum atomic E-state index is -0.109. The average Bonchev–Trinajstić information content (AvgIpc) is 2.69. The third-order valence-electron chi connectivity index (χ3n) is 5.64. The van der Waals surface area contributed by atoms with Crippen molar-refractivity contribution in [3.8, 4) is 0 Å². The number of nitrogens with zero attached hydrogens (tertiary/aromatic N) is 2. The third kappa shape index (κ3) is 4.11. The van der Waals surface area contributed by atoms with Crippen LogP contribution in [-0.2, 0) is 4.79 Å². The lowest BCUT2D eigenvalue weighted by Gasteiger charge is -2.45. The van der Waals surface area contributed by atoms with E-state index in [1.807, 2.05) is 49.1 Å². The van der Waals surface area contributed by atoms with Crippen molar-refractivity contribution in [3.05, 3.63) is 53.2 Å². The van der Waals surface area contributed by atoms with Crippen LogP contribution in [-0.4, -0.2) is 29.4 Å². The highest BCUT2D eigenvalue weighted by atomic mass is 16.2. The van der Waals surface area contributed by atoms with Gasteiger partial charge in [0.05, 0.1) is 6.04 Å². The molecule has 2 N–H and O–H groups in total. The Balaban J connectivity index is 2.11. The van der Waals surface area contributed by atoms with Crippen LogP contribution in [0.5, 0.6) is 0 Å². The first-order valence-corrected chi connectivity index (χ1v) is 10.3. The van der Waals surface area contributed by atoms with Crippen LogP contribution in [0.15, 0.2) is 36.4 Å². The third-order valence-corrected chi connectivity index (χ3v) is 5.64. The van der Waals surface area contributed by atoms with E-state index in [1.54, 1.807) is 13.0 Å². The molecule has 6 nitrogen and oxygen atoms in total. The Morgan fingerprint density at radius 3 is 2.55 bits per heavy atom. The molecule has 1 unspecified atom stereocenters. The molecule has 6 heteroatoms. The summed E-state index contributed by atoms with van der Waals surface area (Å²) in [6, 6.07) is 11.5. The van der Waals surface area contributed by atoms with Crippen LogP contribution in [0.3, 0.4) is 0 Å². The summed E-state index contributed by atoms with van der Waals surface area (Å²) in [5, 5.41) is 6.42. The van der Waals surface area contributed by atoms with Gasteiger partial charge in [-0.15, -0.1) is 0 Å². The van der Waals surface area contributed by atoms with Crippen molar-refractivity contribution in [2.75, 3.05) is 16.8 Å². The lowest BCUT2D eigenvalue weighted by atomic mass is 9.80. The number of hydrogen-bond donors (Lipinski definition) is 2. The number of rotatable bonds is 5. The number of aryl methyl sites for hydroxylation is 1. The summed E-state index contributed by atoms with van der Waals surface area (Å²) in [7, 11) is 0. The zero-order chi connectivity index (χ0) is 21.1. The second-order valence-corrected chi connectivity index (χ2v) is 7.64. The second kappa shape index (κ2) is 8.64. The number of hydrogen-bond acceptors (Lipinski definition) is 4.